The van der Waals surface area contributed by atoms with Crippen LogP contribution in [0.3, 0.4) is 0 Å². The van der Waals surface area contributed by atoms with Crippen LogP contribution >= 0.6 is 0 Å². The number of hydrogen-bond donors (Lipinski definition) is 2. The molecule has 76 valence electrons. The standard InChI is InChI=1S/C10H19NO2/c11-7-6-8-2-1-3-9(5-4-8)10(12)13/h8-9H,1-7,11H2,(H,12,13). The van der Waals surface area contributed by atoms with E-state index in [4.69, 9.17) is 10.8 Å². The average molecular weight is 185 g/mol. The summed E-state index contributed by atoms with van der Waals surface area (Å²) in [5.41, 5.74) is 5.49. The summed E-state index contributed by atoms with van der Waals surface area (Å²) in [5.74, 6) is -0.0366. The lowest BCUT2D eigenvalue weighted by atomic mass is 9.96. The molecule has 0 aromatic carbocycles. The highest BCUT2D eigenvalue weighted by Crippen LogP contribution is 2.28. The van der Waals surface area contributed by atoms with Gasteiger partial charge in [-0.1, -0.05) is 12.8 Å². The minimum Gasteiger partial charge on any atom is -0.481 e. The molecule has 0 spiro atoms. The highest BCUT2D eigenvalue weighted by Gasteiger charge is 2.22. The zero-order valence-electron chi connectivity index (χ0n) is 8.04. The molecule has 1 saturated carbocycles. The molecule has 3 heteroatoms. The van der Waals surface area contributed by atoms with E-state index in [2.05, 4.69) is 0 Å². The monoisotopic (exact) mass is 185 g/mol. The largest absolute Gasteiger partial charge is 0.481 e. The van der Waals surface area contributed by atoms with Crippen LogP contribution in [0, 0.1) is 11.8 Å². The maximum absolute atomic E-state index is 10.7. The lowest BCUT2D eigenvalue weighted by Crippen LogP contribution is -2.12. The number of aliphatic carboxylic acids is 1. The van der Waals surface area contributed by atoms with Gasteiger partial charge in [0.05, 0.1) is 5.92 Å². The first-order valence-electron chi connectivity index (χ1n) is 5.17. The number of nitrogens with two attached hydrogens (primary N) is 1. The van der Waals surface area contributed by atoms with Crippen molar-refractivity contribution in [1.82, 2.24) is 0 Å². The third-order valence-corrected chi connectivity index (χ3v) is 3.01. The average Bonchev–Trinajstić information content (AvgIpc) is 2.30. The van der Waals surface area contributed by atoms with Crippen LogP contribution in [0.25, 0.3) is 0 Å². The number of hydrogen-bond acceptors (Lipinski definition) is 2. The summed E-state index contributed by atoms with van der Waals surface area (Å²) < 4.78 is 0. The van der Waals surface area contributed by atoms with Gasteiger partial charge in [0.25, 0.3) is 0 Å². The fourth-order valence-electron chi connectivity index (χ4n) is 2.15. The molecule has 1 rings (SSSR count). The Balaban J connectivity index is 2.35. The van der Waals surface area contributed by atoms with Crippen molar-refractivity contribution in [3.63, 3.8) is 0 Å². The third-order valence-electron chi connectivity index (χ3n) is 3.01. The van der Waals surface area contributed by atoms with Crippen molar-refractivity contribution in [2.24, 2.45) is 17.6 Å². The number of carboxylic acid groups (broad SMARTS) is 1. The Bertz CT molecular complexity index is 170. The molecule has 0 aromatic rings. The summed E-state index contributed by atoms with van der Waals surface area (Å²) in [5, 5.41) is 8.85. The summed E-state index contributed by atoms with van der Waals surface area (Å²) >= 11 is 0. The Morgan fingerprint density at radius 1 is 1.31 bits per heavy atom. The molecule has 0 bridgehead atoms. The molecule has 3 nitrogen and oxygen atoms in total. The van der Waals surface area contributed by atoms with Crippen LogP contribution in [0.15, 0.2) is 0 Å². The van der Waals surface area contributed by atoms with Crippen LogP contribution in [0.2, 0.25) is 0 Å². The summed E-state index contributed by atoms with van der Waals surface area (Å²) in [4.78, 5) is 10.7. The van der Waals surface area contributed by atoms with E-state index in [9.17, 15) is 4.79 Å². The van der Waals surface area contributed by atoms with Gasteiger partial charge >= 0.3 is 5.97 Å². The topological polar surface area (TPSA) is 63.3 Å². The predicted octanol–water partition coefficient (Wildman–Crippen LogP) is 1.62. The van der Waals surface area contributed by atoms with Crippen molar-refractivity contribution < 1.29 is 9.90 Å². The van der Waals surface area contributed by atoms with Crippen LogP contribution < -0.4 is 5.73 Å². The van der Waals surface area contributed by atoms with Crippen LogP contribution in [0.4, 0.5) is 0 Å². The van der Waals surface area contributed by atoms with E-state index in [0.717, 1.165) is 38.6 Å². The van der Waals surface area contributed by atoms with E-state index in [1.807, 2.05) is 0 Å². The second-order valence-electron chi connectivity index (χ2n) is 3.99. The van der Waals surface area contributed by atoms with Gasteiger partial charge in [0, 0.05) is 0 Å². The van der Waals surface area contributed by atoms with E-state index >= 15 is 0 Å². The first kappa shape index (κ1) is 10.5. The lowest BCUT2D eigenvalue weighted by Gasteiger charge is -2.11. The van der Waals surface area contributed by atoms with Crippen molar-refractivity contribution in [1.29, 1.82) is 0 Å². The first-order valence-corrected chi connectivity index (χ1v) is 5.17. The molecule has 2 atom stereocenters. The van der Waals surface area contributed by atoms with Crippen molar-refractivity contribution >= 4 is 5.97 Å². The van der Waals surface area contributed by atoms with Crippen LogP contribution in [-0.2, 0) is 4.79 Å². The van der Waals surface area contributed by atoms with E-state index in [-0.39, 0.29) is 5.92 Å². The van der Waals surface area contributed by atoms with Gasteiger partial charge in [0.1, 0.15) is 0 Å². The van der Waals surface area contributed by atoms with E-state index in [1.54, 1.807) is 0 Å². The normalized spacial score (nSPS) is 29.6. The molecular weight excluding hydrogens is 166 g/mol. The molecule has 0 saturated heterocycles. The maximum atomic E-state index is 10.7. The van der Waals surface area contributed by atoms with Gasteiger partial charge in [-0.2, -0.15) is 0 Å². The molecule has 0 amide bonds. The van der Waals surface area contributed by atoms with Crippen molar-refractivity contribution in [3.05, 3.63) is 0 Å². The SMILES string of the molecule is NCCC1CCCC(C(=O)O)CC1. The molecule has 1 fully saturated rings. The Morgan fingerprint density at radius 3 is 2.69 bits per heavy atom. The lowest BCUT2D eigenvalue weighted by molar-refractivity contribution is -0.142. The molecule has 13 heavy (non-hydrogen) atoms. The molecule has 0 heterocycles. The number of carbonyl (C=O) groups is 1. The molecule has 0 aliphatic heterocycles. The second-order valence-corrected chi connectivity index (χ2v) is 3.99. The smallest absolute Gasteiger partial charge is 0.306 e. The van der Waals surface area contributed by atoms with Crippen LogP contribution in [0.1, 0.15) is 38.5 Å². The molecular formula is C10H19NO2. The zero-order valence-corrected chi connectivity index (χ0v) is 8.04. The van der Waals surface area contributed by atoms with Crippen LogP contribution in [0.5, 0.6) is 0 Å². The molecule has 3 N–H and O–H groups in total. The van der Waals surface area contributed by atoms with Crippen molar-refractivity contribution in [3.8, 4) is 0 Å². The van der Waals surface area contributed by atoms with E-state index in [0.29, 0.717) is 5.92 Å². The highest BCUT2D eigenvalue weighted by molar-refractivity contribution is 5.69. The van der Waals surface area contributed by atoms with E-state index < -0.39 is 5.97 Å². The minimum absolute atomic E-state index is 0.0947. The van der Waals surface area contributed by atoms with Crippen molar-refractivity contribution in [2.45, 2.75) is 38.5 Å². The Labute approximate surface area is 79.3 Å². The quantitative estimate of drug-likeness (QED) is 0.657. The van der Waals surface area contributed by atoms with Gasteiger partial charge < -0.3 is 10.8 Å². The number of rotatable bonds is 3. The second kappa shape index (κ2) is 5.22. The summed E-state index contributed by atoms with van der Waals surface area (Å²) in [6, 6.07) is 0. The Kier molecular flexibility index (Phi) is 4.22. The van der Waals surface area contributed by atoms with Gasteiger partial charge in [-0.3, -0.25) is 4.79 Å². The van der Waals surface area contributed by atoms with Gasteiger partial charge in [0.2, 0.25) is 0 Å². The van der Waals surface area contributed by atoms with Gasteiger partial charge in [-0.25, -0.2) is 0 Å². The summed E-state index contributed by atoms with van der Waals surface area (Å²) in [7, 11) is 0. The van der Waals surface area contributed by atoms with Crippen molar-refractivity contribution in [2.75, 3.05) is 6.54 Å². The van der Waals surface area contributed by atoms with E-state index in [1.165, 1.54) is 6.42 Å². The number of carboxylic acids is 1. The van der Waals surface area contributed by atoms with Gasteiger partial charge in [0.15, 0.2) is 0 Å². The minimum atomic E-state index is -0.617. The van der Waals surface area contributed by atoms with Crippen LogP contribution in [-0.4, -0.2) is 17.6 Å². The fraction of sp³-hybridized carbons (Fsp3) is 0.900. The fourth-order valence-corrected chi connectivity index (χ4v) is 2.15. The highest BCUT2D eigenvalue weighted by atomic mass is 16.4. The maximum Gasteiger partial charge on any atom is 0.306 e. The predicted molar refractivity (Wildman–Crippen MR) is 51.4 cm³/mol. The molecule has 0 radical (unpaired) electrons. The first-order chi connectivity index (χ1) is 6.24. The molecule has 0 aromatic heterocycles. The third kappa shape index (κ3) is 3.35. The summed E-state index contributed by atoms with van der Waals surface area (Å²) in [6.07, 6.45) is 6.04. The summed E-state index contributed by atoms with van der Waals surface area (Å²) in [6.45, 7) is 0.738. The Morgan fingerprint density at radius 2 is 2.08 bits per heavy atom. The molecule has 2 unspecified atom stereocenters. The van der Waals surface area contributed by atoms with Gasteiger partial charge in [-0.05, 0) is 38.1 Å². The molecule has 1 aliphatic rings. The molecule has 1 aliphatic carbocycles. The zero-order chi connectivity index (χ0) is 9.68. The van der Waals surface area contributed by atoms with Gasteiger partial charge in [-0.15, -0.1) is 0 Å². The Hall–Kier alpha value is -0.570.